The van der Waals surface area contributed by atoms with Gasteiger partial charge < -0.3 is 15.5 Å². The van der Waals surface area contributed by atoms with Gasteiger partial charge in [0.15, 0.2) is 0 Å². The molecule has 1 aliphatic heterocycles. The zero-order valence-electron chi connectivity index (χ0n) is 21.8. The highest BCUT2D eigenvalue weighted by atomic mass is 19.4. The Bertz CT molecular complexity index is 520. The third-order valence-corrected chi connectivity index (χ3v) is 4.53. The number of piperidine rings is 1. The number of rotatable bonds is 4. The lowest BCUT2D eigenvalue weighted by Crippen LogP contribution is -2.44. The summed E-state index contributed by atoms with van der Waals surface area (Å²) >= 11 is 0. The van der Waals surface area contributed by atoms with E-state index in [2.05, 4.69) is 39.9 Å². The SMILES string of the molecule is CC.CC.CC(C)C.CC(C)NC=O.CC1(C)C2CN(C(=O)CNC(=O)C(F)(F)F)CC21. The molecule has 3 amide bonds. The Morgan fingerprint density at radius 3 is 1.62 bits per heavy atom. The van der Waals surface area contributed by atoms with E-state index >= 15 is 0 Å². The summed E-state index contributed by atoms with van der Waals surface area (Å²) in [5.41, 5.74) is 0.242. The minimum absolute atomic E-state index is 0.242. The lowest BCUT2D eigenvalue weighted by atomic mass is 10.1. The van der Waals surface area contributed by atoms with Crippen molar-refractivity contribution in [1.29, 1.82) is 0 Å². The molecule has 9 heteroatoms. The molecule has 0 radical (unpaired) electrons. The molecule has 6 nitrogen and oxygen atoms in total. The molecule has 2 fully saturated rings. The van der Waals surface area contributed by atoms with Gasteiger partial charge in [0, 0.05) is 19.1 Å². The standard InChI is InChI=1S/C11H15F3N2O2.C4H9NO.C4H10.2C2H6/c1-10(2)6-4-16(5-7(6)10)8(17)3-15-9(18)11(12,13)14;1-4(2)5-3-6;1-4(2)3;2*1-2/h6-7H,3-5H2,1-2H3,(H,15,18);3-4H,1-2H3,(H,5,6);4H,1-3H3;2*1-2H3. The Morgan fingerprint density at radius 2 is 1.38 bits per heavy atom. The van der Waals surface area contributed by atoms with Crippen molar-refractivity contribution in [2.24, 2.45) is 23.2 Å². The van der Waals surface area contributed by atoms with E-state index < -0.39 is 24.5 Å². The average Bonchev–Trinajstić information content (AvgIpc) is 3.02. The van der Waals surface area contributed by atoms with Crippen molar-refractivity contribution < 1.29 is 27.6 Å². The van der Waals surface area contributed by atoms with E-state index in [0.717, 1.165) is 5.92 Å². The number of nitrogens with zero attached hydrogens (tertiary/aromatic N) is 1. The fourth-order valence-corrected chi connectivity index (χ4v) is 2.84. The summed E-state index contributed by atoms with van der Waals surface area (Å²) in [6.07, 6.45) is -4.24. The van der Waals surface area contributed by atoms with Gasteiger partial charge in [-0.1, -0.05) is 62.3 Å². The van der Waals surface area contributed by atoms with Gasteiger partial charge in [0.1, 0.15) is 0 Å². The van der Waals surface area contributed by atoms with Crippen LogP contribution in [0.3, 0.4) is 0 Å². The maximum Gasteiger partial charge on any atom is 0.471 e. The van der Waals surface area contributed by atoms with E-state index in [9.17, 15) is 27.6 Å². The Balaban J connectivity index is -0.000000500. The molecule has 2 atom stereocenters. The average molecular weight is 470 g/mol. The lowest BCUT2D eigenvalue weighted by molar-refractivity contribution is -0.174. The van der Waals surface area contributed by atoms with Gasteiger partial charge in [-0.05, 0) is 37.0 Å². The molecular formula is C23H46F3N3O3. The Morgan fingerprint density at radius 1 is 1.00 bits per heavy atom. The molecular weight excluding hydrogens is 423 g/mol. The van der Waals surface area contributed by atoms with Crippen LogP contribution in [-0.2, 0) is 14.4 Å². The number of carbonyl (C=O) groups is 3. The molecule has 32 heavy (non-hydrogen) atoms. The number of fused-ring (bicyclic) bond motifs is 1. The van der Waals surface area contributed by atoms with Crippen LogP contribution in [0.2, 0.25) is 0 Å². The number of hydrogen-bond donors (Lipinski definition) is 2. The zero-order valence-corrected chi connectivity index (χ0v) is 21.8. The quantitative estimate of drug-likeness (QED) is 0.589. The van der Waals surface area contributed by atoms with Crippen LogP contribution in [0.1, 0.15) is 76.2 Å². The monoisotopic (exact) mass is 469 g/mol. The summed E-state index contributed by atoms with van der Waals surface area (Å²) in [4.78, 5) is 33.2. The topological polar surface area (TPSA) is 78.5 Å². The van der Waals surface area contributed by atoms with Crippen molar-refractivity contribution in [3.8, 4) is 0 Å². The molecule has 0 aromatic carbocycles. The summed E-state index contributed by atoms with van der Waals surface area (Å²) in [6, 6.07) is 0.280. The van der Waals surface area contributed by atoms with Crippen LogP contribution in [0.25, 0.3) is 0 Å². The van der Waals surface area contributed by atoms with E-state index in [1.54, 1.807) is 5.32 Å². The van der Waals surface area contributed by atoms with Crippen molar-refractivity contribution >= 4 is 18.2 Å². The molecule has 2 N–H and O–H groups in total. The first-order valence-corrected chi connectivity index (χ1v) is 11.5. The van der Waals surface area contributed by atoms with Crippen LogP contribution < -0.4 is 10.6 Å². The molecule has 0 aromatic rings. The number of alkyl halides is 3. The van der Waals surface area contributed by atoms with Crippen LogP contribution >= 0.6 is 0 Å². The van der Waals surface area contributed by atoms with Gasteiger partial charge in [-0.3, -0.25) is 14.4 Å². The van der Waals surface area contributed by atoms with Crippen molar-refractivity contribution in [3.05, 3.63) is 0 Å². The highest BCUT2D eigenvalue weighted by molar-refractivity contribution is 5.87. The number of carbonyl (C=O) groups excluding carboxylic acids is 3. The van der Waals surface area contributed by atoms with Crippen molar-refractivity contribution in [3.63, 3.8) is 0 Å². The van der Waals surface area contributed by atoms with Gasteiger partial charge in [-0.25, -0.2) is 0 Å². The highest BCUT2D eigenvalue weighted by Gasteiger charge is 2.62. The summed E-state index contributed by atoms with van der Waals surface area (Å²) < 4.78 is 35.7. The molecule has 1 saturated heterocycles. The Kier molecular flexibility index (Phi) is 18.3. The maximum atomic E-state index is 11.9. The van der Waals surface area contributed by atoms with Gasteiger partial charge in [0.05, 0.1) is 6.54 Å². The molecule has 192 valence electrons. The third-order valence-electron chi connectivity index (χ3n) is 4.53. The number of nitrogens with one attached hydrogen (secondary N) is 2. The zero-order chi connectivity index (χ0) is 26.3. The second-order valence-corrected chi connectivity index (χ2v) is 8.68. The van der Waals surface area contributed by atoms with Gasteiger partial charge in [-0.15, -0.1) is 0 Å². The van der Waals surface area contributed by atoms with Crippen LogP contribution in [0, 0.1) is 23.2 Å². The molecule has 1 heterocycles. The lowest BCUT2D eigenvalue weighted by Gasteiger charge is -2.22. The molecule has 0 aromatic heterocycles. The second-order valence-electron chi connectivity index (χ2n) is 8.68. The number of halogens is 3. The first-order chi connectivity index (χ1) is 14.6. The minimum atomic E-state index is -4.94. The fraction of sp³-hybridized carbons (Fsp3) is 0.870. The first-order valence-electron chi connectivity index (χ1n) is 11.5. The van der Waals surface area contributed by atoms with E-state index in [4.69, 9.17) is 0 Å². The molecule has 0 spiro atoms. The van der Waals surface area contributed by atoms with E-state index in [0.29, 0.717) is 31.3 Å². The fourth-order valence-electron chi connectivity index (χ4n) is 2.84. The molecule has 2 unspecified atom stereocenters. The van der Waals surface area contributed by atoms with Crippen LogP contribution in [0.4, 0.5) is 13.2 Å². The molecule has 0 bridgehead atoms. The summed E-state index contributed by atoms with van der Waals surface area (Å²) in [5, 5.41) is 4.12. The van der Waals surface area contributed by atoms with Crippen LogP contribution in [-0.4, -0.2) is 55.0 Å². The predicted octanol–water partition coefficient (Wildman–Crippen LogP) is 4.63. The normalized spacial score (nSPS) is 19.3. The highest BCUT2D eigenvalue weighted by Crippen LogP contribution is 2.61. The van der Waals surface area contributed by atoms with E-state index in [-0.39, 0.29) is 11.5 Å². The minimum Gasteiger partial charge on any atom is -0.357 e. The van der Waals surface area contributed by atoms with Gasteiger partial charge in [0.2, 0.25) is 12.3 Å². The van der Waals surface area contributed by atoms with E-state index in [1.807, 2.05) is 41.5 Å². The largest absolute Gasteiger partial charge is 0.471 e. The van der Waals surface area contributed by atoms with Crippen molar-refractivity contribution in [1.82, 2.24) is 15.5 Å². The summed E-state index contributed by atoms with van der Waals surface area (Å²) in [7, 11) is 0. The smallest absolute Gasteiger partial charge is 0.357 e. The number of hydrogen-bond acceptors (Lipinski definition) is 3. The maximum absolute atomic E-state index is 11.9. The Hall–Kier alpha value is -1.80. The summed E-state index contributed by atoms with van der Waals surface area (Å²) in [5.74, 6) is -0.796. The van der Waals surface area contributed by atoms with Crippen LogP contribution in [0.15, 0.2) is 0 Å². The summed E-state index contributed by atoms with van der Waals surface area (Å²) in [6.45, 7) is 23.1. The first kappa shape index (κ1) is 34.8. The van der Waals surface area contributed by atoms with Crippen molar-refractivity contribution in [2.45, 2.75) is 88.4 Å². The predicted molar refractivity (Wildman–Crippen MR) is 124 cm³/mol. The molecule has 2 rings (SSSR count). The van der Waals surface area contributed by atoms with Crippen molar-refractivity contribution in [2.75, 3.05) is 19.6 Å². The molecule has 1 saturated carbocycles. The van der Waals surface area contributed by atoms with E-state index in [1.165, 1.54) is 4.90 Å². The van der Waals surface area contributed by atoms with Gasteiger partial charge in [-0.2, -0.15) is 13.2 Å². The molecule has 2 aliphatic rings. The third kappa shape index (κ3) is 14.3. The van der Waals surface area contributed by atoms with Crippen LogP contribution in [0.5, 0.6) is 0 Å². The number of likely N-dealkylation sites (tertiary alicyclic amines) is 1. The Labute approximate surface area is 193 Å². The number of amides is 3. The molecule has 1 aliphatic carbocycles. The second kappa shape index (κ2) is 16.8. The van der Waals surface area contributed by atoms with Gasteiger partial charge >= 0.3 is 12.1 Å². The van der Waals surface area contributed by atoms with Gasteiger partial charge in [0.25, 0.3) is 0 Å².